The number of guanidine groups is 1. The van der Waals surface area contributed by atoms with Gasteiger partial charge in [-0.3, -0.25) is 4.99 Å². The lowest BCUT2D eigenvalue weighted by atomic mass is 10.2. The highest BCUT2D eigenvalue weighted by Crippen LogP contribution is 2.09. The molecule has 1 heterocycles. The summed E-state index contributed by atoms with van der Waals surface area (Å²) in [6, 6.07) is 0. The summed E-state index contributed by atoms with van der Waals surface area (Å²) in [4.78, 5) is 7.13. The zero-order valence-corrected chi connectivity index (χ0v) is 17.8. The van der Waals surface area contributed by atoms with E-state index in [0.29, 0.717) is 19.6 Å². The zero-order valence-electron chi connectivity index (χ0n) is 17.0. The van der Waals surface area contributed by atoms with Crippen molar-refractivity contribution in [3.05, 3.63) is 0 Å². The van der Waals surface area contributed by atoms with Gasteiger partial charge in [-0.25, -0.2) is 12.7 Å². The van der Waals surface area contributed by atoms with Crippen LogP contribution in [0.15, 0.2) is 4.99 Å². The molecule has 8 heteroatoms. The minimum Gasteiger partial charge on any atom is -0.357 e. The third-order valence-electron chi connectivity index (χ3n) is 4.64. The van der Waals surface area contributed by atoms with Crippen molar-refractivity contribution >= 4 is 16.0 Å². The second kappa shape index (κ2) is 13.3. The van der Waals surface area contributed by atoms with Crippen LogP contribution in [0.25, 0.3) is 0 Å². The third kappa shape index (κ3) is 10.3. The number of nitrogens with one attached hydrogen (secondary N) is 2. The van der Waals surface area contributed by atoms with Gasteiger partial charge in [0.05, 0.1) is 6.26 Å². The van der Waals surface area contributed by atoms with E-state index in [4.69, 9.17) is 0 Å². The lowest BCUT2D eigenvalue weighted by molar-refractivity contribution is 0.282. The van der Waals surface area contributed by atoms with Gasteiger partial charge < -0.3 is 15.5 Å². The average Bonchev–Trinajstić information content (AvgIpc) is 2.86. The topological polar surface area (TPSA) is 77.0 Å². The standard InChI is InChI=1S/C18H39N5O2S/c1-4-19-18(21-13-11-17-23(5-2)26(3,24)25)20-12-10-16-22-14-8-6-7-9-15-22/h4-17H2,1-3H3,(H2,19,20,21). The number of nitrogens with zero attached hydrogens (tertiary/aromatic N) is 3. The molecule has 0 aromatic rings. The predicted octanol–water partition coefficient (Wildman–Crippen LogP) is 1.48. The van der Waals surface area contributed by atoms with Crippen LogP contribution in [0.4, 0.5) is 0 Å². The Balaban J connectivity index is 2.27. The van der Waals surface area contributed by atoms with E-state index in [0.717, 1.165) is 38.4 Å². The maximum atomic E-state index is 11.6. The van der Waals surface area contributed by atoms with E-state index in [1.165, 1.54) is 49.3 Å². The van der Waals surface area contributed by atoms with Gasteiger partial charge in [-0.05, 0) is 52.2 Å². The molecule has 26 heavy (non-hydrogen) atoms. The molecule has 0 aliphatic carbocycles. The van der Waals surface area contributed by atoms with E-state index in [-0.39, 0.29) is 0 Å². The Labute approximate surface area is 160 Å². The highest BCUT2D eigenvalue weighted by Gasteiger charge is 2.13. The Bertz CT molecular complexity index is 488. The normalized spacial score (nSPS) is 17.3. The zero-order chi connectivity index (χ0) is 19.3. The maximum Gasteiger partial charge on any atom is 0.211 e. The first-order chi connectivity index (χ1) is 12.5. The molecule has 1 saturated heterocycles. The number of hydrogen-bond acceptors (Lipinski definition) is 4. The number of likely N-dealkylation sites (tertiary alicyclic amines) is 1. The molecule has 1 aliphatic heterocycles. The largest absolute Gasteiger partial charge is 0.357 e. The molecular weight excluding hydrogens is 350 g/mol. The van der Waals surface area contributed by atoms with Crippen molar-refractivity contribution in [2.75, 3.05) is 58.6 Å². The Kier molecular flexibility index (Phi) is 11.9. The lowest BCUT2D eigenvalue weighted by Gasteiger charge is -2.20. The van der Waals surface area contributed by atoms with Crippen LogP contribution in [0.5, 0.6) is 0 Å². The minimum absolute atomic E-state index is 0.511. The van der Waals surface area contributed by atoms with Gasteiger partial charge in [-0.1, -0.05) is 19.8 Å². The van der Waals surface area contributed by atoms with Gasteiger partial charge in [0, 0.05) is 32.7 Å². The van der Waals surface area contributed by atoms with Crippen molar-refractivity contribution in [3.8, 4) is 0 Å². The molecule has 2 N–H and O–H groups in total. The summed E-state index contributed by atoms with van der Waals surface area (Å²) >= 11 is 0. The summed E-state index contributed by atoms with van der Waals surface area (Å²) in [5, 5.41) is 6.65. The Morgan fingerprint density at radius 2 is 1.77 bits per heavy atom. The van der Waals surface area contributed by atoms with Crippen LogP contribution in [0, 0.1) is 0 Å². The van der Waals surface area contributed by atoms with Crippen LogP contribution in [-0.2, 0) is 10.0 Å². The molecule has 0 unspecified atom stereocenters. The molecule has 1 aliphatic rings. The van der Waals surface area contributed by atoms with Gasteiger partial charge in [0.2, 0.25) is 10.0 Å². The van der Waals surface area contributed by atoms with Gasteiger partial charge in [-0.2, -0.15) is 0 Å². The van der Waals surface area contributed by atoms with Crippen molar-refractivity contribution in [1.82, 2.24) is 19.8 Å². The van der Waals surface area contributed by atoms with Crippen LogP contribution >= 0.6 is 0 Å². The summed E-state index contributed by atoms with van der Waals surface area (Å²) in [5.41, 5.74) is 0. The van der Waals surface area contributed by atoms with Gasteiger partial charge in [0.1, 0.15) is 0 Å². The molecule has 0 aromatic carbocycles. The highest BCUT2D eigenvalue weighted by atomic mass is 32.2. The van der Waals surface area contributed by atoms with E-state index >= 15 is 0 Å². The molecule has 0 atom stereocenters. The fourth-order valence-electron chi connectivity index (χ4n) is 3.21. The van der Waals surface area contributed by atoms with E-state index in [9.17, 15) is 8.42 Å². The molecule has 0 bridgehead atoms. The lowest BCUT2D eigenvalue weighted by Crippen LogP contribution is -2.39. The van der Waals surface area contributed by atoms with E-state index in [2.05, 4.69) is 27.4 Å². The molecule has 7 nitrogen and oxygen atoms in total. The highest BCUT2D eigenvalue weighted by molar-refractivity contribution is 7.88. The molecule has 0 radical (unpaired) electrons. The van der Waals surface area contributed by atoms with Crippen molar-refractivity contribution < 1.29 is 8.42 Å². The second-order valence-electron chi connectivity index (χ2n) is 6.91. The van der Waals surface area contributed by atoms with E-state index in [1.807, 2.05) is 6.92 Å². The average molecular weight is 390 g/mol. The molecule has 0 spiro atoms. The maximum absolute atomic E-state index is 11.6. The van der Waals surface area contributed by atoms with Crippen LogP contribution < -0.4 is 10.6 Å². The SMILES string of the molecule is CCNC(=NCCCN(CC)S(C)(=O)=O)NCCCN1CCCCCC1. The van der Waals surface area contributed by atoms with Gasteiger partial charge in [0.25, 0.3) is 0 Å². The fraction of sp³-hybridized carbons (Fsp3) is 0.944. The predicted molar refractivity (Wildman–Crippen MR) is 110 cm³/mol. The summed E-state index contributed by atoms with van der Waals surface area (Å²) in [5.74, 6) is 0.825. The molecule has 154 valence electrons. The van der Waals surface area contributed by atoms with Crippen molar-refractivity contribution in [2.24, 2.45) is 4.99 Å². The Morgan fingerprint density at radius 3 is 2.35 bits per heavy atom. The van der Waals surface area contributed by atoms with Gasteiger partial charge in [0.15, 0.2) is 5.96 Å². The molecular formula is C18H39N5O2S. The van der Waals surface area contributed by atoms with Crippen LogP contribution in [0.2, 0.25) is 0 Å². The molecule has 1 rings (SSSR count). The number of sulfonamides is 1. The summed E-state index contributed by atoms with van der Waals surface area (Å²) in [6.45, 7) is 10.9. The fourth-order valence-corrected chi connectivity index (χ4v) is 4.14. The van der Waals surface area contributed by atoms with E-state index in [1.54, 1.807) is 0 Å². The number of hydrogen-bond donors (Lipinski definition) is 2. The Hall–Kier alpha value is -0.860. The summed E-state index contributed by atoms with van der Waals surface area (Å²) < 4.78 is 24.7. The first-order valence-corrected chi connectivity index (χ1v) is 12.0. The minimum atomic E-state index is -3.11. The van der Waals surface area contributed by atoms with Crippen LogP contribution in [0.1, 0.15) is 52.4 Å². The van der Waals surface area contributed by atoms with Crippen molar-refractivity contribution in [1.29, 1.82) is 0 Å². The van der Waals surface area contributed by atoms with Crippen molar-refractivity contribution in [2.45, 2.75) is 52.4 Å². The van der Waals surface area contributed by atoms with Crippen molar-refractivity contribution in [3.63, 3.8) is 0 Å². The molecule has 1 fully saturated rings. The second-order valence-corrected chi connectivity index (χ2v) is 8.89. The summed E-state index contributed by atoms with van der Waals surface area (Å²) in [7, 11) is -3.11. The first-order valence-electron chi connectivity index (χ1n) is 10.2. The van der Waals surface area contributed by atoms with Gasteiger partial charge >= 0.3 is 0 Å². The van der Waals surface area contributed by atoms with Gasteiger partial charge in [-0.15, -0.1) is 0 Å². The smallest absolute Gasteiger partial charge is 0.211 e. The Morgan fingerprint density at radius 1 is 1.08 bits per heavy atom. The number of rotatable bonds is 11. The third-order valence-corrected chi connectivity index (χ3v) is 6.02. The van der Waals surface area contributed by atoms with Crippen LogP contribution in [0.3, 0.4) is 0 Å². The van der Waals surface area contributed by atoms with Crippen LogP contribution in [-0.4, -0.2) is 82.2 Å². The first kappa shape index (κ1) is 23.2. The monoisotopic (exact) mass is 389 g/mol. The molecule has 0 amide bonds. The molecule has 0 aromatic heterocycles. The summed E-state index contributed by atoms with van der Waals surface area (Å²) in [6.07, 6.45) is 8.52. The number of aliphatic imine (C=N–C) groups is 1. The quantitative estimate of drug-likeness (QED) is 0.318. The van der Waals surface area contributed by atoms with E-state index < -0.39 is 10.0 Å². The molecule has 0 saturated carbocycles.